The molecule has 1 atom stereocenters. The first-order valence-electron chi connectivity index (χ1n) is 8.36. The molecule has 27 heavy (non-hydrogen) atoms. The third-order valence-electron chi connectivity index (χ3n) is 4.25. The summed E-state index contributed by atoms with van der Waals surface area (Å²) in [5.41, 5.74) is 1.59. The van der Waals surface area contributed by atoms with E-state index in [4.69, 9.17) is 9.47 Å². The summed E-state index contributed by atoms with van der Waals surface area (Å²) < 4.78 is 33.5. The van der Waals surface area contributed by atoms with Crippen molar-refractivity contribution in [2.24, 2.45) is 0 Å². The number of nitrogens with one attached hydrogen (secondary N) is 2. The van der Waals surface area contributed by atoms with Crippen molar-refractivity contribution in [3.63, 3.8) is 0 Å². The van der Waals surface area contributed by atoms with Gasteiger partial charge in [-0.05, 0) is 30.7 Å². The predicted molar refractivity (Wildman–Crippen MR) is 102 cm³/mol. The summed E-state index contributed by atoms with van der Waals surface area (Å²) in [7, 11) is 0.107. The Morgan fingerprint density at radius 1 is 1.19 bits per heavy atom. The number of methoxy groups -OCH3 is 2. The van der Waals surface area contributed by atoms with Crippen LogP contribution in [0.3, 0.4) is 0 Å². The molecule has 1 aliphatic heterocycles. The fourth-order valence-electron chi connectivity index (χ4n) is 2.84. The molecule has 1 aromatic heterocycles. The van der Waals surface area contributed by atoms with Crippen LogP contribution in [-0.2, 0) is 9.84 Å². The molecule has 1 amide bonds. The molecule has 1 fully saturated rings. The second-order valence-electron chi connectivity index (χ2n) is 6.20. The fourth-order valence-corrected chi connectivity index (χ4v) is 4.51. The van der Waals surface area contributed by atoms with E-state index < -0.39 is 9.84 Å². The Kier molecular flexibility index (Phi) is 5.50. The summed E-state index contributed by atoms with van der Waals surface area (Å²) in [6, 6.07) is 8.30. The van der Waals surface area contributed by atoms with Gasteiger partial charge in [0, 0.05) is 12.1 Å². The maximum absolute atomic E-state index is 12.2. The Balaban J connectivity index is 1.68. The number of nitrogens with zero attached hydrogens (tertiary/aromatic N) is 1. The summed E-state index contributed by atoms with van der Waals surface area (Å²) in [5.74, 6) is 1.02. The quantitative estimate of drug-likeness (QED) is 0.773. The molecule has 0 spiro atoms. The highest BCUT2D eigenvalue weighted by molar-refractivity contribution is 7.91. The fraction of sp³-hybridized carbons (Fsp3) is 0.333. The normalized spacial score (nSPS) is 17.9. The highest BCUT2D eigenvalue weighted by Crippen LogP contribution is 2.31. The zero-order chi connectivity index (χ0) is 19.4. The lowest BCUT2D eigenvalue weighted by atomic mass is 10.2. The molecule has 1 unspecified atom stereocenters. The molecular weight excluding hydrogens is 370 g/mol. The molecule has 0 bridgehead atoms. The van der Waals surface area contributed by atoms with Crippen LogP contribution in [0.5, 0.6) is 11.5 Å². The van der Waals surface area contributed by atoms with E-state index in [-0.39, 0.29) is 29.1 Å². The highest BCUT2D eigenvalue weighted by atomic mass is 32.2. The Hall–Kier alpha value is -2.81. The second-order valence-corrected chi connectivity index (χ2v) is 8.43. The van der Waals surface area contributed by atoms with Crippen molar-refractivity contribution in [1.82, 2.24) is 10.3 Å². The van der Waals surface area contributed by atoms with E-state index in [0.717, 1.165) is 0 Å². The molecule has 0 aliphatic carbocycles. The Labute approximate surface area is 157 Å². The van der Waals surface area contributed by atoms with Gasteiger partial charge in [-0.3, -0.25) is 4.79 Å². The number of sulfone groups is 1. The second kappa shape index (κ2) is 7.83. The van der Waals surface area contributed by atoms with Gasteiger partial charge in [-0.25, -0.2) is 13.4 Å². The predicted octanol–water partition coefficient (Wildman–Crippen LogP) is 1.76. The van der Waals surface area contributed by atoms with Crippen molar-refractivity contribution >= 4 is 27.1 Å². The zero-order valence-corrected chi connectivity index (χ0v) is 15.9. The van der Waals surface area contributed by atoms with Gasteiger partial charge in [0.15, 0.2) is 9.84 Å². The SMILES string of the molecule is COc1ccc(OC)c(Nc2ccc(C(=O)NC3CCS(=O)(=O)C3)nc2)c1. The van der Waals surface area contributed by atoms with Crippen molar-refractivity contribution in [2.45, 2.75) is 12.5 Å². The van der Waals surface area contributed by atoms with Crippen LogP contribution in [0, 0.1) is 0 Å². The largest absolute Gasteiger partial charge is 0.497 e. The first-order valence-corrected chi connectivity index (χ1v) is 10.2. The number of hydrogen-bond acceptors (Lipinski definition) is 7. The van der Waals surface area contributed by atoms with Crippen molar-refractivity contribution < 1.29 is 22.7 Å². The van der Waals surface area contributed by atoms with Crippen LogP contribution >= 0.6 is 0 Å². The lowest BCUT2D eigenvalue weighted by Gasteiger charge is -2.13. The van der Waals surface area contributed by atoms with Crippen molar-refractivity contribution in [1.29, 1.82) is 0 Å². The van der Waals surface area contributed by atoms with E-state index >= 15 is 0 Å². The Bertz CT molecular complexity index is 929. The number of carbonyl (C=O) groups is 1. The van der Waals surface area contributed by atoms with Crippen LogP contribution in [0.4, 0.5) is 11.4 Å². The van der Waals surface area contributed by atoms with Crippen molar-refractivity contribution in [3.05, 3.63) is 42.2 Å². The Morgan fingerprint density at radius 2 is 2.00 bits per heavy atom. The number of carbonyl (C=O) groups excluding carboxylic acids is 1. The maximum Gasteiger partial charge on any atom is 0.270 e. The molecule has 2 aromatic rings. The molecule has 3 rings (SSSR count). The topological polar surface area (TPSA) is 107 Å². The van der Waals surface area contributed by atoms with Crippen LogP contribution in [0.15, 0.2) is 36.5 Å². The number of aromatic nitrogens is 1. The van der Waals surface area contributed by atoms with Crippen molar-refractivity contribution in [2.75, 3.05) is 31.0 Å². The third-order valence-corrected chi connectivity index (χ3v) is 6.02. The van der Waals surface area contributed by atoms with Gasteiger partial charge in [-0.1, -0.05) is 0 Å². The monoisotopic (exact) mass is 391 g/mol. The number of rotatable bonds is 6. The first kappa shape index (κ1) is 19.0. The molecule has 1 saturated heterocycles. The van der Waals surface area contributed by atoms with E-state index in [9.17, 15) is 13.2 Å². The number of benzene rings is 1. The third kappa shape index (κ3) is 4.68. The minimum absolute atomic E-state index is 0.0198. The molecule has 1 aromatic carbocycles. The summed E-state index contributed by atoms with van der Waals surface area (Å²) in [6.45, 7) is 0. The van der Waals surface area contributed by atoms with Crippen LogP contribution in [0.1, 0.15) is 16.9 Å². The smallest absolute Gasteiger partial charge is 0.270 e. The van der Waals surface area contributed by atoms with Crippen LogP contribution < -0.4 is 20.1 Å². The van der Waals surface area contributed by atoms with Crippen LogP contribution in [0.25, 0.3) is 0 Å². The molecule has 2 N–H and O–H groups in total. The van der Waals surface area contributed by atoms with Crippen LogP contribution in [-0.4, -0.2) is 51.1 Å². The first-order chi connectivity index (χ1) is 12.9. The molecule has 0 saturated carbocycles. The van der Waals surface area contributed by atoms with E-state index in [0.29, 0.717) is 29.3 Å². The van der Waals surface area contributed by atoms with Gasteiger partial charge in [0.05, 0.1) is 43.3 Å². The number of ether oxygens (including phenoxy) is 2. The number of pyridine rings is 1. The average molecular weight is 391 g/mol. The van der Waals surface area contributed by atoms with Gasteiger partial charge >= 0.3 is 0 Å². The van der Waals surface area contributed by atoms with Gasteiger partial charge in [0.1, 0.15) is 17.2 Å². The average Bonchev–Trinajstić information content (AvgIpc) is 3.00. The Morgan fingerprint density at radius 3 is 2.59 bits per heavy atom. The molecule has 9 heteroatoms. The van der Waals surface area contributed by atoms with Gasteiger partial charge < -0.3 is 20.1 Å². The minimum Gasteiger partial charge on any atom is -0.497 e. The standard InChI is InChI=1S/C18H21N3O5S/c1-25-14-4-6-17(26-2)16(9-14)20-12-3-5-15(19-10-12)18(22)21-13-7-8-27(23,24)11-13/h3-6,9-10,13,20H,7-8,11H2,1-2H3,(H,21,22). The molecular formula is C18H21N3O5S. The van der Waals surface area contributed by atoms with Gasteiger partial charge in [-0.15, -0.1) is 0 Å². The van der Waals surface area contributed by atoms with Gasteiger partial charge in [0.2, 0.25) is 0 Å². The zero-order valence-electron chi connectivity index (χ0n) is 15.1. The van der Waals surface area contributed by atoms with E-state index in [1.54, 1.807) is 44.6 Å². The van der Waals surface area contributed by atoms with Crippen LogP contribution in [0.2, 0.25) is 0 Å². The number of amides is 1. The van der Waals surface area contributed by atoms with Gasteiger partial charge in [0.25, 0.3) is 5.91 Å². The summed E-state index contributed by atoms with van der Waals surface area (Å²) in [5, 5.41) is 5.89. The van der Waals surface area contributed by atoms with E-state index in [1.165, 1.54) is 6.20 Å². The molecule has 0 radical (unpaired) electrons. The molecule has 144 valence electrons. The lowest BCUT2D eigenvalue weighted by molar-refractivity contribution is 0.0936. The highest BCUT2D eigenvalue weighted by Gasteiger charge is 2.29. The molecule has 2 heterocycles. The number of anilines is 2. The minimum atomic E-state index is -3.04. The number of hydrogen-bond donors (Lipinski definition) is 2. The van der Waals surface area contributed by atoms with E-state index in [1.807, 2.05) is 0 Å². The lowest BCUT2D eigenvalue weighted by Crippen LogP contribution is -2.36. The van der Waals surface area contributed by atoms with Gasteiger partial charge in [-0.2, -0.15) is 0 Å². The summed E-state index contributed by atoms with van der Waals surface area (Å²) in [6.07, 6.45) is 1.96. The summed E-state index contributed by atoms with van der Waals surface area (Å²) >= 11 is 0. The van der Waals surface area contributed by atoms with Crippen molar-refractivity contribution in [3.8, 4) is 11.5 Å². The summed E-state index contributed by atoms with van der Waals surface area (Å²) in [4.78, 5) is 16.4. The maximum atomic E-state index is 12.2. The van der Waals surface area contributed by atoms with E-state index in [2.05, 4.69) is 15.6 Å². The molecule has 8 nitrogen and oxygen atoms in total. The molecule has 1 aliphatic rings.